The molecular weight excluding hydrogens is 296 g/mol. The fourth-order valence-corrected chi connectivity index (χ4v) is 3.37. The van der Waals surface area contributed by atoms with Crippen LogP contribution in [0.1, 0.15) is 36.4 Å². The van der Waals surface area contributed by atoms with Crippen molar-refractivity contribution in [3.05, 3.63) is 21.3 Å². The second-order valence-corrected chi connectivity index (χ2v) is 7.07. The molecule has 0 bridgehead atoms. The second-order valence-electron chi connectivity index (χ2n) is 5.36. The third-order valence-corrected chi connectivity index (χ3v) is 4.51. The smallest absolute Gasteiger partial charge is 0.263 e. The lowest BCUT2D eigenvalue weighted by molar-refractivity contribution is -0.126. The molecule has 2 heterocycles. The highest BCUT2D eigenvalue weighted by Gasteiger charge is 2.29. The van der Waals surface area contributed by atoms with Gasteiger partial charge in [0.2, 0.25) is 5.91 Å². The number of nitrogens with zero attached hydrogens (tertiary/aromatic N) is 1. The van der Waals surface area contributed by atoms with Crippen LogP contribution in [0.4, 0.5) is 0 Å². The zero-order chi connectivity index (χ0) is 14.7. The molecule has 1 aliphatic rings. The van der Waals surface area contributed by atoms with Crippen molar-refractivity contribution >= 4 is 34.8 Å². The van der Waals surface area contributed by atoms with Crippen LogP contribution in [-0.4, -0.2) is 35.8 Å². The number of carbonyl (C=O) groups excluding carboxylic acids is 2. The summed E-state index contributed by atoms with van der Waals surface area (Å²) < 4.78 is 0.611. The Hall–Kier alpha value is -1.07. The monoisotopic (exact) mass is 314 g/mol. The zero-order valence-corrected chi connectivity index (χ0v) is 13.3. The number of piperidine rings is 1. The molecule has 1 fully saturated rings. The summed E-state index contributed by atoms with van der Waals surface area (Å²) in [5.41, 5.74) is 0. The zero-order valence-electron chi connectivity index (χ0n) is 11.7. The molecule has 0 spiro atoms. The molecule has 1 aromatic rings. The van der Waals surface area contributed by atoms with Crippen LogP contribution in [0.25, 0.3) is 0 Å². The van der Waals surface area contributed by atoms with E-state index in [0.717, 1.165) is 12.8 Å². The van der Waals surface area contributed by atoms with E-state index in [1.165, 1.54) is 11.3 Å². The Labute approximate surface area is 128 Å². The predicted molar refractivity (Wildman–Crippen MR) is 81.2 cm³/mol. The topological polar surface area (TPSA) is 49.4 Å². The van der Waals surface area contributed by atoms with Crippen molar-refractivity contribution in [1.29, 1.82) is 0 Å². The second kappa shape index (κ2) is 6.59. The minimum atomic E-state index is -0.106. The van der Waals surface area contributed by atoms with Crippen molar-refractivity contribution in [2.45, 2.75) is 32.7 Å². The highest BCUT2D eigenvalue weighted by Crippen LogP contribution is 2.25. The van der Waals surface area contributed by atoms with Crippen LogP contribution in [0.5, 0.6) is 0 Å². The quantitative estimate of drug-likeness (QED) is 0.932. The van der Waals surface area contributed by atoms with E-state index < -0.39 is 0 Å². The molecule has 1 saturated heterocycles. The third kappa shape index (κ3) is 3.73. The number of likely N-dealkylation sites (tertiary alicyclic amines) is 1. The summed E-state index contributed by atoms with van der Waals surface area (Å²) in [6, 6.07) is 3.60. The molecule has 0 saturated carbocycles. The first kappa shape index (κ1) is 15.3. The summed E-state index contributed by atoms with van der Waals surface area (Å²) >= 11 is 7.15. The van der Waals surface area contributed by atoms with Crippen LogP contribution < -0.4 is 5.32 Å². The van der Waals surface area contributed by atoms with Crippen molar-refractivity contribution in [2.24, 2.45) is 5.92 Å². The van der Waals surface area contributed by atoms with Crippen LogP contribution >= 0.6 is 22.9 Å². The first-order valence-electron chi connectivity index (χ1n) is 6.82. The van der Waals surface area contributed by atoms with Gasteiger partial charge in [-0.05, 0) is 38.8 Å². The van der Waals surface area contributed by atoms with Crippen molar-refractivity contribution in [3.63, 3.8) is 0 Å². The Bertz CT molecular complexity index is 501. The minimum absolute atomic E-state index is 0.0241. The highest BCUT2D eigenvalue weighted by molar-refractivity contribution is 7.17. The highest BCUT2D eigenvalue weighted by atomic mass is 35.5. The van der Waals surface area contributed by atoms with Gasteiger partial charge in [-0.2, -0.15) is 0 Å². The Morgan fingerprint density at radius 3 is 2.80 bits per heavy atom. The summed E-state index contributed by atoms with van der Waals surface area (Å²) in [6.45, 7) is 5.08. The van der Waals surface area contributed by atoms with E-state index in [4.69, 9.17) is 11.6 Å². The molecule has 1 atom stereocenters. The summed E-state index contributed by atoms with van der Waals surface area (Å²) in [7, 11) is 0. The largest absolute Gasteiger partial charge is 0.354 e. The molecule has 0 unspecified atom stereocenters. The van der Waals surface area contributed by atoms with E-state index in [1.54, 1.807) is 17.0 Å². The van der Waals surface area contributed by atoms with Gasteiger partial charge in [0.15, 0.2) is 0 Å². The maximum Gasteiger partial charge on any atom is 0.263 e. The van der Waals surface area contributed by atoms with Gasteiger partial charge in [-0.25, -0.2) is 0 Å². The number of halogens is 1. The van der Waals surface area contributed by atoms with E-state index in [-0.39, 0.29) is 23.8 Å². The molecule has 0 aliphatic carbocycles. The number of thiophene rings is 1. The van der Waals surface area contributed by atoms with Crippen LogP contribution in [0.2, 0.25) is 4.34 Å². The number of rotatable bonds is 3. The maximum atomic E-state index is 12.3. The van der Waals surface area contributed by atoms with Crippen molar-refractivity contribution < 1.29 is 9.59 Å². The molecule has 6 heteroatoms. The van der Waals surface area contributed by atoms with Crippen molar-refractivity contribution in [3.8, 4) is 0 Å². The van der Waals surface area contributed by atoms with Gasteiger partial charge >= 0.3 is 0 Å². The molecule has 0 radical (unpaired) electrons. The van der Waals surface area contributed by atoms with Crippen LogP contribution in [0, 0.1) is 5.92 Å². The lowest BCUT2D eigenvalue weighted by Gasteiger charge is -2.32. The van der Waals surface area contributed by atoms with Gasteiger partial charge in [0.25, 0.3) is 5.91 Å². The predicted octanol–water partition coefficient (Wildman–Crippen LogP) is 2.78. The van der Waals surface area contributed by atoms with Gasteiger partial charge in [-0.3, -0.25) is 9.59 Å². The van der Waals surface area contributed by atoms with Gasteiger partial charge in [-0.15, -0.1) is 11.3 Å². The Kier molecular flexibility index (Phi) is 5.05. The van der Waals surface area contributed by atoms with E-state index in [0.29, 0.717) is 22.3 Å². The first-order valence-corrected chi connectivity index (χ1v) is 8.02. The maximum absolute atomic E-state index is 12.3. The summed E-state index contributed by atoms with van der Waals surface area (Å²) in [6.07, 6.45) is 1.70. The molecule has 1 N–H and O–H groups in total. The third-order valence-electron chi connectivity index (χ3n) is 3.29. The average Bonchev–Trinajstić information content (AvgIpc) is 2.84. The van der Waals surface area contributed by atoms with Gasteiger partial charge < -0.3 is 10.2 Å². The molecule has 2 rings (SSSR count). The number of carbonyl (C=O) groups is 2. The normalized spacial score (nSPS) is 19.2. The van der Waals surface area contributed by atoms with Gasteiger partial charge in [0.1, 0.15) is 0 Å². The molecule has 1 aliphatic heterocycles. The van der Waals surface area contributed by atoms with E-state index >= 15 is 0 Å². The van der Waals surface area contributed by atoms with Crippen LogP contribution in [0.3, 0.4) is 0 Å². The average molecular weight is 315 g/mol. The Balaban J connectivity index is 1.99. The van der Waals surface area contributed by atoms with Gasteiger partial charge in [-0.1, -0.05) is 11.6 Å². The first-order chi connectivity index (χ1) is 9.47. The summed E-state index contributed by atoms with van der Waals surface area (Å²) in [5.74, 6) is -0.0869. The Morgan fingerprint density at radius 1 is 1.45 bits per heavy atom. The fraction of sp³-hybridized carbons (Fsp3) is 0.571. The fourth-order valence-electron chi connectivity index (χ4n) is 2.36. The standard InChI is InChI=1S/C14H19ClN2O2S/c1-9(2)16-13(18)10-4-3-7-17(8-10)14(19)11-5-6-12(15)20-11/h5-6,9-10H,3-4,7-8H2,1-2H3,(H,16,18)/t10-/m0/s1. The molecule has 1 aromatic heterocycles. The van der Waals surface area contributed by atoms with E-state index in [2.05, 4.69) is 5.32 Å². The molecular formula is C14H19ClN2O2S. The van der Waals surface area contributed by atoms with Crippen LogP contribution in [0.15, 0.2) is 12.1 Å². The van der Waals surface area contributed by atoms with Crippen molar-refractivity contribution in [2.75, 3.05) is 13.1 Å². The van der Waals surface area contributed by atoms with Gasteiger partial charge in [0, 0.05) is 19.1 Å². The lowest BCUT2D eigenvalue weighted by Crippen LogP contribution is -2.46. The molecule has 0 aromatic carbocycles. The SMILES string of the molecule is CC(C)NC(=O)[C@H]1CCCN(C(=O)c2ccc(Cl)s2)C1. The van der Waals surface area contributed by atoms with Gasteiger partial charge in [0.05, 0.1) is 15.1 Å². The number of hydrogen-bond donors (Lipinski definition) is 1. The number of hydrogen-bond acceptors (Lipinski definition) is 3. The molecule has 2 amide bonds. The molecule has 4 nitrogen and oxygen atoms in total. The van der Waals surface area contributed by atoms with Crippen LogP contribution in [-0.2, 0) is 4.79 Å². The lowest BCUT2D eigenvalue weighted by atomic mass is 9.96. The Morgan fingerprint density at radius 2 is 2.20 bits per heavy atom. The number of nitrogens with one attached hydrogen (secondary N) is 1. The number of amides is 2. The minimum Gasteiger partial charge on any atom is -0.354 e. The van der Waals surface area contributed by atoms with E-state index in [1.807, 2.05) is 13.8 Å². The molecule has 110 valence electrons. The summed E-state index contributed by atoms with van der Waals surface area (Å²) in [4.78, 5) is 26.8. The molecule has 20 heavy (non-hydrogen) atoms. The van der Waals surface area contributed by atoms with Crippen molar-refractivity contribution in [1.82, 2.24) is 10.2 Å². The summed E-state index contributed by atoms with van der Waals surface area (Å²) in [5, 5.41) is 2.92. The van der Waals surface area contributed by atoms with E-state index in [9.17, 15) is 9.59 Å².